The van der Waals surface area contributed by atoms with Crippen LogP contribution in [0.5, 0.6) is 0 Å². The van der Waals surface area contributed by atoms with Crippen molar-refractivity contribution in [3.05, 3.63) is 107 Å². The Labute approximate surface area is 565 Å². The summed E-state index contributed by atoms with van der Waals surface area (Å²) in [6, 6.07) is 15.3. The van der Waals surface area contributed by atoms with Gasteiger partial charge in [-0.25, -0.2) is 14.4 Å². The molecule has 10 aliphatic carbocycles. The number of carboxylic acid groups (broad SMARTS) is 2. The molecule has 12 aliphatic rings. The molecule has 2 heterocycles. The number of amides is 1. The number of piperidine rings is 1. The molecule has 2 aliphatic heterocycles. The number of carboxylic acids is 2. The second-order valence-corrected chi connectivity index (χ2v) is 36.9. The Bertz CT molecular complexity index is 3370. The molecule has 8 saturated carbocycles. The van der Waals surface area contributed by atoms with Crippen molar-refractivity contribution in [2.24, 2.45) is 119 Å². The van der Waals surface area contributed by atoms with Crippen LogP contribution in [0.2, 0.25) is 0 Å². The minimum atomic E-state index is -0.876. The van der Waals surface area contributed by atoms with Crippen LogP contribution in [0.4, 0.5) is 4.79 Å². The van der Waals surface area contributed by atoms with Crippen LogP contribution in [0.15, 0.2) is 85.2 Å². The van der Waals surface area contributed by atoms with E-state index in [2.05, 4.69) is 116 Å². The number of hydrogen-bond donors (Lipinski definition) is 3. The lowest BCUT2D eigenvalue weighted by Crippen LogP contribution is -2.66. The quantitative estimate of drug-likeness (QED) is 0.0855. The Balaban J connectivity index is 0.602. The first-order chi connectivity index (χ1) is 44.5. The van der Waals surface area contributed by atoms with Gasteiger partial charge < -0.3 is 34.8 Å². The van der Waals surface area contributed by atoms with E-state index in [9.17, 15) is 24.6 Å². The number of aromatic carboxylic acids is 2. The van der Waals surface area contributed by atoms with Crippen LogP contribution >= 0.6 is 0 Å². The van der Waals surface area contributed by atoms with E-state index in [0.29, 0.717) is 94.3 Å². The lowest BCUT2D eigenvalue weighted by Gasteiger charge is -2.72. The van der Waals surface area contributed by atoms with E-state index < -0.39 is 11.9 Å². The molecule has 18 unspecified atom stereocenters. The number of hydrogen-bond acceptors (Lipinski definition) is 7. The first-order valence-electron chi connectivity index (χ1n) is 37.9. The van der Waals surface area contributed by atoms with Gasteiger partial charge in [-0.05, 0) is 308 Å². The number of carbonyl (C=O) groups is 3. The number of benzene rings is 2. The molecule has 2 aromatic carbocycles. The van der Waals surface area contributed by atoms with Crippen molar-refractivity contribution in [2.75, 3.05) is 59.0 Å². The number of cyclic esters (lactones) is 1. The Morgan fingerprint density at radius 3 is 1.55 bits per heavy atom. The molecular weight excluding hydrogens is 1160 g/mol. The van der Waals surface area contributed by atoms with Crippen LogP contribution in [-0.4, -0.2) is 97.1 Å². The summed E-state index contributed by atoms with van der Waals surface area (Å²) < 4.78 is 12.7. The van der Waals surface area contributed by atoms with E-state index >= 15 is 0 Å². The van der Waals surface area contributed by atoms with Gasteiger partial charge in [0, 0.05) is 32.1 Å². The second-order valence-electron chi connectivity index (χ2n) is 36.9. The smallest absolute Gasteiger partial charge is 0.409 e. The first kappa shape index (κ1) is 66.6. The van der Waals surface area contributed by atoms with Crippen molar-refractivity contribution in [1.29, 1.82) is 0 Å². The normalized spacial score (nSPS) is 42.8. The summed E-state index contributed by atoms with van der Waals surface area (Å²) in [5.74, 6) is 5.44. The van der Waals surface area contributed by atoms with Crippen molar-refractivity contribution in [1.82, 2.24) is 15.1 Å². The predicted octanol–water partition coefficient (Wildman–Crippen LogP) is 18.8. The summed E-state index contributed by atoms with van der Waals surface area (Å²) in [6.07, 6.45) is 29.4. The zero-order valence-corrected chi connectivity index (χ0v) is 59.9. The zero-order valence-electron chi connectivity index (χ0n) is 59.9. The first-order valence-corrected chi connectivity index (χ1v) is 37.9. The number of fused-ring (bicyclic) bond motifs is 14. The summed E-state index contributed by atoms with van der Waals surface area (Å²) in [7, 11) is 0. The van der Waals surface area contributed by atoms with Gasteiger partial charge in [0.05, 0.1) is 30.0 Å². The average Bonchev–Trinajstić information content (AvgIpc) is 1.01. The maximum absolute atomic E-state index is 13.3. The van der Waals surface area contributed by atoms with Crippen molar-refractivity contribution in [3.63, 3.8) is 0 Å². The zero-order chi connectivity index (χ0) is 66.6. The minimum Gasteiger partial charge on any atom is -0.498 e. The van der Waals surface area contributed by atoms with E-state index in [0.717, 1.165) is 102 Å². The third-order valence-corrected chi connectivity index (χ3v) is 32.9. The van der Waals surface area contributed by atoms with Gasteiger partial charge in [-0.1, -0.05) is 124 Å². The predicted molar refractivity (Wildman–Crippen MR) is 377 cm³/mol. The van der Waals surface area contributed by atoms with Crippen LogP contribution in [0.3, 0.4) is 0 Å². The van der Waals surface area contributed by atoms with Gasteiger partial charge >= 0.3 is 18.0 Å². The summed E-state index contributed by atoms with van der Waals surface area (Å²) in [5, 5.41) is 23.5. The molecule has 3 N–H and O–H groups in total. The largest absolute Gasteiger partial charge is 0.498 e. The molecule has 0 spiro atoms. The second kappa shape index (κ2) is 23.5. The highest BCUT2D eigenvalue weighted by molar-refractivity contribution is 5.89. The van der Waals surface area contributed by atoms with Crippen LogP contribution in [0.1, 0.15) is 236 Å². The molecule has 0 aromatic heterocycles. The molecule has 512 valence electrons. The highest BCUT2D eigenvalue weighted by atomic mass is 16.6. The van der Waals surface area contributed by atoms with E-state index in [4.69, 9.17) is 22.6 Å². The van der Waals surface area contributed by atoms with Gasteiger partial charge in [0.1, 0.15) is 6.61 Å². The van der Waals surface area contributed by atoms with Crippen LogP contribution in [0, 0.1) is 119 Å². The molecule has 10 heteroatoms. The number of nitrogens with zero attached hydrogens (tertiary/aromatic N) is 2. The Kier molecular flexibility index (Phi) is 16.6. The fourth-order valence-electron chi connectivity index (χ4n) is 28.0. The summed E-state index contributed by atoms with van der Waals surface area (Å²) >= 11 is 0. The van der Waals surface area contributed by atoms with Gasteiger partial charge in [-0.3, -0.25) is 0 Å². The summed E-state index contributed by atoms with van der Waals surface area (Å²) in [6.45, 7) is 46.5. The lowest BCUT2D eigenvalue weighted by molar-refractivity contribution is -0.227. The van der Waals surface area contributed by atoms with Crippen LogP contribution < -0.4 is 5.32 Å². The highest BCUT2D eigenvalue weighted by Gasteiger charge is 2.73. The standard InChI is InChI=1S/C84H119N3O7/c1-53(2)60-26-38-83(42-40-79(10)64(70(60)83)22-24-68-77(8)34-28-62(56-14-18-58(19-15-56)72(88)89)75(4,5)66(77)30-36-81(68,79)12)51-85-44-47-86-45-32-55(33-46-86)50-94-54(3)61-27-39-84(52-87-48-49-93-74(87)92)43-41-80(11)65(71(61)84)23-25-69-78(9)35-29-63(57-16-20-59(21-17-57)73(90)91)76(6,7)67(78)31-37-82(69,80)13/h14-21,28-29,55,60-61,64-71,85H,1,3,22-27,30-52H2,2,4-13H3,(H,88,89)(H,90,91). The molecule has 1 amide bonds. The number of allylic oxidation sites excluding steroid dienone is 6. The minimum absolute atomic E-state index is 0.00233. The molecule has 0 bridgehead atoms. The molecule has 10 nitrogen and oxygen atoms in total. The molecule has 2 aromatic rings. The number of likely N-dealkylation sites (tertiary alicyclic amines) is 1. The van der Waals surface area contributed by atoms with Crippen LogP contribution in [-0.2, 0) is 9.47 Å². The van der Waals surface area contributed by atoms with Gasteiger partial charge in [-0.15, -0.1) is 0 Å². The summed E-state index contributed by atoms with van der Waals surface area (Å²) in [4.78, 5) is 41.7. The van der Waals surface area contributed by atoms with E-state index in [1.807, 2.05) is 12.1 Å². The summed E-state index contributed by atoms with van der Waals surface area (Å²) in [5.41, 5.74) is 8.86. The topological polar surface area (TPSA) is 129 Å². The molecule has 94 heavy (non-hydrogen) atoms. The van der Waals surface area contributed by atoms with Crippen molar-refractivity contribution >= 4 is 29.2 Å². The van der Waals surface area contributed by atoms with Gasteiger partial charge in [0.2, 0.25) is 0 Å². The van der Waals surface area contributed by atoms with Gasteiger partial charge in [-0.2, -0.15) is 0 Å². The highest BCUT2D eigenvalue weighted by Crippen LogP contribution is 2.80. The number of rotatable bonds is 16. The van der Waals surface area contributed by atoms with Gasteiger partial charge in [0.15, 0.2) is 0 Å². The molecule has 18 atom stereocenters. The molecular formula is C84H119N3O7. The maximum Gasteiger partial charge on any atom is 0.409 e. The molecule has 14 rings (SSSR count). The van der Waals surface area contributed by atoms with Crippen molar-refractivity contribution < 1.29 is 34.1 Å². The SMILES string of the molecule is C=C(C)C1CCC2(CNCCN3CCC(COC(=C)C4CCC5(CN6CCOC6=O)CCC6(C)C(CCC7C8(C)CC=C(c9ccc(C(=O)O)cc9)C(C)(C)C8CCC76C)C45)CC3)CCC3(C)C(CCC4C5(C)CC=C(c6ccc(C(=O)O)cc6)C(C)(C)C5CCC43C)C12. The third-order valence-electron chi connectivity index (χ3n) is 32.9. The van der Waals surface area contributed by atoms with Gasteiger partial charge in [0.25, 0.3) is 0 Å². The number of ether oxygens (including phenoxy) is 2. The Hall–Kier alpha value is -4.67. The molecule has 0 radical (unpaired) electrons. The fraction of sp³-hybridized carbons (Fsp3) is 0.726. The third kappa shape index (κ3) is 9.98. The molecule has 10 fully saturated rings. The van der Waals surface area contributed by atoms with Crippen molar-refractivity contribution in [3.8, 4) is 0 Å². The Morgan fingerprint density at radius 1 is 0.574 bits per heavy atom. The Morgan fingerprint density at radius 2 is 1.06 bits per heavy atom. The number of carbonyl (C=O) groups excluding carboxylic acids is 1. The molecule has 2 saturated heterocycles. The maximum atomic E-state index is 13.3. The van der Waals surface area contributed by atoms with Crippen molar-refractivity contribution in [2.45, 2.75) is 205 Å². The monoisotopic (exact) mass is 1280 g/mol. The fourth-order valence-corrected chi connectivity index (χ4v) is 28.0. The lowest BCUT2D eigenvalue weighted by atomic mass is 9.32. The average molecular weight is 1280 g/mol. The number of nitrogens with one attached hydrogen (secondary N) is 1. The van der Waals surface area contributed by atoms with E-state index in [1.54, 1.807) is 24.3 Å². The van der Waals surface area contributed by atoms with E-state index in [1.165, 1.54) is 106 Å². The van der Waals surface area contributed by atoms with Crippen LogP contribution in [0.25, 0.3) is 11.1 Å². The van der Waals surface area contributed by atoms with E-state index in [-0.39, 0.29) is 55.3 Å².